The van der Waals surface area contributed by atoms with E-state index in [1.807, 2.05) is 19.9 Å². The fourth-order valence-corrected chi connectivity index (χ4v) is 4.00. The number of hydrogen-bond donors (Lipinski definition) is 2. The second-order valence-corrected chi connectivity index (χ2v) is 7.45. The molecule has 3 N–H and O–H groups in total. The van der Waals surface area contributed by atoms with Crippen molar-refractivity contribution in [1.82, 2.24) is 5.32 Å². The average molecular weight is 345 g/mol. The molecule has 0 atom stereocenters. The summed E-state index contributed by atoms with van der Waals surface area (Å²) in [6, 6.07) is 1.92. The maximum atomic E-state index is 12.2. The Morgan fingerprint density at radius 2 is 1.91 bits per heavy atom. The van der Waals surface area contributed by atoms with Crippen LogP contribution in [0.15, 0.2) is 6.07 Å². The van der Waals surface area contributed by atoms with Crippen molar-refractivity contribution in [3.63, 3.8) is 0 Å². The van der Waals surface area contributed by atoms with Gasteiger partial charge in [0.25, 0.3) is 0 Å². The minimum absolute atomic E-state index is 0. The molecule has 1 amide bonds. The molecule has 124 valence electrons. The van der Waals surface area contributed by atoms with Crippen molar-refractivity contribution in [2.24, 2.45) is 5.73 Å². The molecule has 0 radical (unpaired) electrons. The lowest BCUT2D eigenvalue weighted by molar-refractivity contribution is -0.122. The van der Waals surface area contributed by atoms with Crippen LogP contribution in [0.1, 0.15) is 58.6 Å². The molecular formula is C16H25ClN2O2S. The lowest BCUT2D eigenvalue weighted by atomic mass is 9.97. The molecule has 0 bridgehead atoms. The molecular weight excluding hydrogens is 320 g/mol. The van der Waals surface area contributed by atoms with Crippen LogP contribution in [0.3, 0.4) is 0 Å². The molecule has 4 nitrogen and oxygen atoms in total. The summed E-state index contributed by atoms with van der Waals surface area (Å²) in [4.78, 5) is 26.4. The Labute approximate surface area is 142 Å². The molecule has 1 heterocycles. The van der Waals surface area contributed by atoms with Gasteiger partial charge in [0.2, 0.25) is 5.91 Å². The lowest BCUT2D eigenvalue weighted by Crippen LogP contribution is -2.51. The van der Waals surface area contributed by atoms with Crippen molar-refractivity contribution in [2.75, 3.05) is 6.54 Å². The van der Waals surface area contributed by atoms with E-state index in [9.17, 15) is 9.59 Å². The molecule has 1 fully saturated rings. The predicted molar refractivity (Wildman–Crippen MR) is 93.0 cm³/mol. The number of halogens is 1. The van der Waals surface area contributed by atoms with Crippen LogP contribution < -0.4 is 11.1 Å². The third kappa shape index (κ3) is 4.54. The monoisotopic (exact) mass is 344 g/mol. The zero-order valence-corrected chi connectivity index (χ0v) is 14.9. The van der Waals surface area contributed by atoms with Gasteiger partial charge in [0.15, 0.2) is 5.78 Å². The number of ketones is 1. The smallest absolute Gasteiger partial charge is 0.220 e. The van der Waals surface area contributed by atoms with E-state index in [1.54, 1.807) is 11.3 Å². The van der Waals surface area contributed by atoms with Gasteiger partial charge in [-0.3, -0.25) is 9.59 Å². The molecule has 1 aliphatic carbocycles. The summed E-state index contributed by atoms with van der Waals surface area (Å²) < 4.78 is 0. The normalized spacial score (nSPS) is 16.1. The first-order valence-corrected chi connectivity index (χ1v) is 8.39. The van der Waals surface area contributed by atoms with Gasteiger partial charge in [-0.25, -0.2) is 0 Å². The lowest BCUT2D eigenvalue weighted by Gasteiger charge is -2.28. The first-order chi connectivity index (χ1) is 9.96. The SMILES string of the molecule is Cc1cc(C(=O)CCC(=O)NC2(CN)CCCC2)c(C)s1.Cl. The fourth-order valence-electron chi connectivity index (χ4n) is 3.06. The zero-order chi connectivity index (χ0) is 15.5. The molecule has 1 aromatic heterocycles. The van der Waals surface area contributed by atoms with Crippen molar-refractivity contribution in [3.8, 4) is 0 Å². The van der Waals surface area contributed by atoms with Crippen molar-refractivity contribution in [1.29, 1.82) is 0 Å². The molecule has 0 aliphatic heterocycles. The standard InChI is InChI=1S/C16H24N2O2S.ClH/c1-11-9-13(12(2)21-11)14(19)5-6-15(20)18-16(10-17)7-3-4-8-16;/h9H,3-8,10,17H2,1-2H3,(H,18,20);1H. The van der Waals surface area contributed by atoms with Gasteiger partial charge in [0, 0.05) is 34.7 Å². The van der Waals surface area contributed by atoms with Crippen LogP contribution in [-0.4, -0.2) is 23.8 Å². The highest BCUT2D eigenvalue weighted by atomic mass is 35.5. The van der Waals surface area contributed by atoms with Crippen molar-refractivity contribution < 1.29 is 9.59 Å². The third-order valence-electron chi connectivity index (χ3n) is 4.28. The van der Waals surface area contributed by atoms with Crippen molar-refractivity contribution >= 4 is 35.4 Å². The second kappa shape index (κ2) is 8.09. The molecule has 1 aliphatic rings. The van der Waals surface area contributed by atoms with Gasteiger partial charge < -0.3 is 11.1 Å². The second-order valence-electron chi connectivity index (χ2n) is 5.99. The van der Waals surface area contributed by atoms with Gasteiger partial charge in [-0.2, -0.15) is 0 Å². The Morgan fingerprint density at radius 1 is 1.27 bits per heavy atom. The first kappa shape index (κ1) is 19.1. The summed E-state index contributed by atoms with van der Waals surface area (Å²) in [5.41, 5.74) is 6.34. The Bertz CT molecular complexity index is 536. The average Bonchev–Trinajstić information content (AvgIpc) is 3.03. The third-order valence-corrected chi connectivity index (χ3v) is 5.24. The number of nitrogens with two attached hydrogens (primary N) is 1. The van der Waals surface area contributed by atoms with Gasteiger partial charge in [-0.15, -0.1) is 23.7 Å². The molecule has 0 saturated heterocycles. The van der Waals surface area contributed by atoms with Gasteiger partial charge in [-0.05, 0) is 32.8 Å². The first-order valence-electron chi connectivity index (χ1n) is 7.57. The predicted octanol–water partition coefficient (Wildman–Crippen LogP) is 3.14. The summed E-state index contributed by atoms with van der Waals surface area (Å²) >= 11 is 1.62. The summed E-state index contributed by atoms with van der Waals surface area (Å²) in [5, 5.41) is 3.06. The topological polar surface area (TPSA) is 72.2 Å². The van der Waals surface area contributed by atoms with Gasteiger partial charge in [-0.1, -0.05) is 12.8 Å². The summed E-state index contributed by atoms with van der Waals surface area (Å²) in [6.07, 6.45) is 4.64. The zero-order valence-electron chi connectivity index (χ0n) is 13.2. The van der Waals surface area contributed by atoms with E-state index in [0.717, 1.165) is 41.0 Å². The maximum absolute atomic E-state index is 12.2. The minimum Gasteiger partial charge on any atom is -0.349 e. The molecule has 1 aromatic rings. The van der Waals surface area contributed by atoms with Gasteiger partial charge in [0.05, 0.1) is 5.54 Å². The molecule has 22 heavy (non-hydrogen) atoms. The fraction of sp³-hybridized carbons (Fsp3) is 0.625. The minimum atomic E-state index is -0.227. The van der Waals surface area contributed by atoms with Crippen LogP contribution in [-0.2, 0) is 4.79 Å². The number of carbonyl (C=O) groups excluding carboxylic acids is 2. The molecule has 1 saturated carbocycles. The summed E-state index contributed by atoms with van der Waals surface area (Å²) in [5.74, 6) is 0.000486. The van der Waals surface area contributed by atoms with Crippen LogP contribution >= 0.6 is 23.7 Å². The Balaban J connectivity index is 0.00000242. The van der Waals surface area contributed by atoms with Crippen LogP contribution in [0.25, 0.3) is 0 Å². The number of aryl methyl sites for hydroxylation is 2. The Hall–Kier alpha value is -0.910. The van der Waals surface area contributed by atoms with Crippen LogP contribution in [0.5, 0.6) is 0 Å². The van der Waals surface area contributed by atoms with Gasteiger partial charge >= 0.3 is 0 Å². The summed E-state index contributed by atoms with van der Waals surface area (Å²) in [6.45, 7) is 4.43. The number of rotatable bonds is 6. The Morgan fingerprint density at radius 3 is 2.41 bits per heavy atom. The van der Waals surface area contributed by atoms with E-state index in [-0.39, 0.29) is 42.5 Å². The summed E-state index contributed by atoms with van der Waals surface area (Å²) in [7, 11) is 0. The van der Waals surface area contributed by atoms with E-state index in [4.69, 9.17) is 5.73 Å². The number of hydrogen-bond acceptors (Lipinski definition) is 4. The number of thiophene rings is 1. The van der Waals surface area contributed by atoms with E-state index in [2.05, 4.69) is 5.32 Å². The quantitative estimate of drug-likeness (QED) is 0.779. The molecule has 0 spiro atoms. The number of carbonyl (C=O) groups is 2. The van der Waals surface area contributed by atoms with Crippen LogP contribution in [0.2, 0.25) is 0 Å². The van der Waals surface area contributed by atoms with Crippen molar-refractivity contribution in [3.05, 3.63) is 21.4 Å². The number of nitrogens with one attached hydrogen (secondary N) is 1. The highest BCUT2D eigenvalue weighted by molar-refractivity contribution is 7.12. The van der Waals surface area contributed by atoms with E-state index >= 15 is 0 Å². The molecule has 2 rings (SSSR count). The number of amides is 1. The van der Waals surface area contributed by atoms with E-state index < -0.39 is 0 Å². The number of Topliss-reactive ketones (excluding diaryl/α,β-unsaturated/α-hetero) is 1. The molecule has 0 aromatic carbocycles. The largest absolute Gasteiger partial charge is 0.349 e. The molecule has 0 unspecified atom stereocenters. The highest BCUT2D eigenvalue weighted by Crippen LogP contribution is 2.29. The van der Waals surface area contributed by atoms with E-state index in [1.165, 1.54) is 0 Å². The molecule has 6 heteroatoms. The van der Waals surface area contributed by atoms with Crippen LogP contribution in [0.4, 0.5) is 0 Å². The van der Waals surface area contributed by atoms with Gasteiger partial charge in [0.1, 0.15) is 0 Å². The van der Waals surface area contributed by atoms with Crippen LogP contribution in [0, 0.1) is 13.8 Å². The Kier molecular flexibility index (Phi) is 7.03. The van der Waals surface area contributed by atoms with E-state index in [0.29, 0.717) is 6.54 Å². The maximum Gasteiger partial charge on any atom is 0.220 e. The van der Waals surface area contributed by atoms with Crippen molar-refractivity contribution in [2.45, 2.75) is 57.9 Å². The highest BCUT2D eigenvalue weighted by Gasteiger charge is 2.33.